The van der Waals surface area contributed by atoms with Crippen LogP contribution in [0.15, 0.2) is 40.1 Å². The smallest absolute Gasteiger partial charge is 0.416 e. The van der Waals surface area contributed by atoms with Crippen molar-refractivity contribution >= 4 is 22.9 Å². The molecule has 9 nitrogen and oxygen atoms in total. The molecular formula is C19H16F3N5O4. The summed E-state index contributed by atoms with van der Waals surface area (Å²) in [5.41, 5.74) is -1.16. The molecule has 0 aliphatic heterocycles. The van der Waals surface area contributed by atoms with Gasteiger partial charge >= 0.3 is 17.8 Å². The van der Waals surface area contributed by atoms with Crippen LogP contribution in [0.25, 0.3) is 22.6 Å². The highest BCUT2D eigenvalue weighted by Crippen LogP contribution is 2.30. The van der Waals surface area contributed by atoms with Gasteiger partial charge in [-0.05, 0) is 31.2 Å². The number of methoxy groups -OCH3 is 1. The Balaban J connectivity index is 1.99. The number of alkyl halides is 3. The summed E-state index contributed by atoms with van der Waals surface area (Å²) >= 11 is 0. The molecule has 0 aliphatic carbocycles. The van der Waals surface area contributed by atoms with Crippen molar-refractivity contribution < 1.29 is 22.7 Å². The molecule has 4 aromatic rings. The summed E-state index contributed by atoms with van der Waals surface area (Å²) in [4.78, 5) is 41.6. The molecule has 12 heteroatoms. The molecule has 1 aromatic carbocycles. The highest BCUT2D eigenvalue weighted by molar-refractivity contribution is 5.77. The third-order valence-corrected chi connectivity index (χ3v) is 4.99. The molecule has 0 amide bonds. The number of ether oxygens (including phenoxy) is 1. The number of carbonyl (C=O) groups excluding carboxylic acids is 1. The van der Waals surface area contributed by atoms with Crippen LogP contribution in [-0.4, -0.2) is 36.2 Å². The molecule has 3 aromatic heterocycles. The van der Waals surface area contributed by atoms with E-state index in [4.69, 9.17) is 0 Å². The van der Waals surface area contributed by atoms with E-state index in [-0.39, 0.29) is 16.9 Å². The van der Waals surface area contributed by atoms with Crippen LogP contribution in [0.2, 0.25) is 0 Å². The summed E-state index contributed by atoms with van der Waals surface area (Å²) in [6.07, 6.45) is -2.89. The number of fused-ring (bicyclic) bond motifs is 3. The minimum absolute atomic E-state index is 0.0507. The Morgan fingerprint density at radius 3 is 2.39 bits per heavy atom. The topological polar surface area (TPSA) is 92.5 Å². The second-order valence-electron chi connectivity index (χ2n) is 6.91. The number of halogens is 3. The fourth-order valence-corrected chi connectivity index (χ4v) is 3.46. The van der Waals surface area contributed by atoms with Gasteiger partial charge in [0.25, 0.3) is 5.56 Å². The first-order valence-electron chi connectivity index (χ1n) is 8.99. The van der Waals surface area contributed by atoms with Crippen LogP contribution >= 0.6 is 0 Å². The molecule has 0 fully saturated rings. The second-order valence-corrected chi connectivity index (χ2v) is 6.91. The lowest BCUT2D eigenvalue weighted by atomic mass is 10.2. The number of nitrogens with zero attached hydrogens (tertiary/aromatic N) is 5. The first kappa shape index (κ1) is 20.4. The number of benzene rings is 1. The van der Waals surface area contributed by atoms with Gasteiger partial charge in [0.2, 0.25) is 5.78 Å². The maximum atomic E-state index is 13.0. The normalized spacial score (nSPS) is 12.1. The van der Waals surface area contributed by atoms with E-state index < -0.39 is 35.5 Å². The zero-order chi connectivity index (χ0) is 22.7. The van der Waals surface area contributed by atoms with Crippen molar-refractivity contribution in [2.75, 3.05) is 7.11 Å². The van der Waals surface area contributed by atoms with Gasteiger partial charge in [0.1, 0.15) is 6.54 Å². The predicted octanol–water partition coefficient (Wildman–Crippen LogP) is 1.64. The Morgan fingerprint density at radius 1 is 1.16 bits per heavy atom. The molecule has 0 saturated heterocycles. The quantitative estimate of drug-likeness (QED) is 0.456. The van der Waals surface area contributed by atoms with Gasteiger partial charge < -0.3 is 4.74 Å². The molecule has 0 spiro atoms. The number of rotatable bonds is 3. The van der Waals surface area contributed by atoms with Gasteiger partial charge in [-0.2, -0.15) is 18.2 Å². The first-order chi connectivity index (χ1) is 14.5. The molecule has 4 rings (SSSR count). The number of esters is 1. The largest absolute Gasteiger partial charge is 0.468 e. The van der Waals surface area contributed by atoms with Crippen molar-refractivity contribution in [1.29, 1.82) is 0 Å². The van der Waals surface area contributed by atoms with Crippen LogP contribution in [0.5, 0.6) is 0 Å². The fraction of sp³-hybridized carbons (Fsp3) is 0.263. The summed E-state index contributed by atoms with van der Waals surface area (Å²) in [7, 11) is 2.54. The average molecular weight is 435 g/mol. The minimum atomic E-state index is -4.47. The third kappa shape index (κ3) is 3.10. The number of hydrogen-bond acceptors (Lipinski definition) is 5. The van der Waals surface area contributed by atoms with Crippen LogP contribution in [0, 0.1) is 6.92 Å². The molecule has 0 N–H and O–H groups in total. The van der Waals surface area contributed by atoms with Crippen LogP contribution < -0.4 is 11.2 Å². The number of aryl methyl sites for hydroxylation is 2. The molecular weight excluding hydrogens is 419 g/mol. The Morgan fingerprint density at radius 2 is 1.81 bits per heavy atom. The van der Waals surface area contributed by atoms with Crippen molar-refractivity contribution in [1.82, 2.24) is 23.1 Å². The minimum Gasteiger partial charge on any atom is -0.468 e. The number of hydrogen-bond donors (Lipinski definition) is 0. The van der Waals surface area contributed by atoms with Gasteiger partial charge in [0, 0.05) is 24.6 Å². The molecule has 3 heterocycles. The third-order valence-electron chi connectivity index (χ3n) is 4.99. The van der Waals surface area contributed by atoms with Crippen molar-refractivity contribution in [3.8, 4) is 5.69 Å². The van der Waals surface area contributed by atoms with Gasteiger partial charge in [0.15, 0.2) is 11.2 Å². The second kappa shape index (κ2) is 6.86. The van der Waals surface area contributed by atoms with Gasteiger partial charge in [-0.1, -0.05) is 0 Å². The Hall–Kier alpha value is -3.83. The molecule has 0 radical (unpaired) electrons. The van der Waals surface area contributed by atoms with E-state index in [9.17, 15) is 27.6 Å². The Labute approximate surface area is 171 Å². The first-order valence-corrected chi connectivity index (χ1v) is 8.99. The van der Waals surface area contributed by atoms with E-state index in [1.807, 2.05) is 0 Å². The summed E-state index contributed by atoms with van der Waals surface area (Å²) in [6.45, 7) is 1.14. The number of aromatic nitrogens is 5. The molecule has 0 atom stereocenters. The van der Waals surface area contributed by atoms with Gasteiger partial charge in [-0.3, -0.25) is 23.1 Å². The lowest BCUT2D eigenvalue weighted by molar-refractivity contribution is -0.141. The summed E-state index contributed by atoms with van der Waals surface area (Å²) in [5, 5.41) is 0. The number of imidazole rings is 2. The average Bonchev–Trinajstić information content (AvgIpc) is 3.23. The predicted molar refractivity (Wildman–Crippen MR) is 103 cm³/mol. The lowest BCUT2D eigenvalue weighted by Gasteiger charge is -2.09. The SMILES string of the molecule is COC(=O)Cn1c(=O)c2c(nc3n(-c4ccc(C(F)(F)F)cc4)c(C)cn23)n(C)c1=O. The molecule has 0 bridgehead atoms. The number of carbonyl (C=O) groups is 1. The van der Waals surface area contributed by atoms with Crippen molar-refractivity contribution in [3.63, 3.8) is 0 Å². The summed E-state index contributed by atoms with van der Waals surface area (Å²) in [6, 6.07) is 4.49. The van der Waals surface area contributed by atoms with E-state index in [2.05, 4.69) is 9.72 Å². The van der Waals surface area contributed by atoms with Gasteiger partial charge in [-0.25, -0.2) is 9.36 Å². The highest BCUT2D eigenvalue weighted by Gasteiger charge is 2.30. The zero-order valence-electron chi connectivity index (χ0n) is 16.6. The molecule has 31 heavy (non-hydrogen) atoms. The summed E-state index contributed by atoms with van der Waals surface area (Å²) < 4.78 is 48.1. The highest BCUT2D eigenvalue weighted by atomic mass is 19.4. The van der Waals surface area contributed by atoms with Crippen molar-refractivity contribution in [2.24, 2.45) is 7.05 Å². The van der Waals surface area contributed by atoms with Crippen LogP contribution in [0.4, 0.5) is 13.2 Å². The van der Waals surface area contributed by atoms with Gasteiger partial charge in [-0.15, -0.1) is 0 Å². The molecule has 0 saturated carbocycles. The van der Waals surface area contributed by atoms with E-state index >= 15 is 0 Å². The molecule has 0 aliphatic rings. The van der Waals surface area contributed by atoms with E-state index in [1.165, 1.54) is 23.6 Å². The fourth-order valence-electron chi connectivity index (χ4n) is 3.46. The maximum Gasteiger partial charge on any atom is 0.416 e. The Bertz CT molecular complexity index is 1460. The monoisotopic (exact) mass is 435 g/mol. The van der Waals surface area contributed by atoms with Gasteiger partial charge in [0.05, 0.1) is 12.7 Å². The summed E-state index contributed by atoms with van der Waals surface area (Å²) in [5.74, 6) is -0.534. The lowest BCUT2D eigenvalue weighted by Crippen LogP contribution is -2.41. The molecule has 162 valence electrons. The van der Waals surface area contributed by atoms with Crippen molar-refractivity contribution in [3.05, 3.63) is 62.6 Å². The standard InChI is InChI=1S/C19H16F3N5O4/c1-10-8-25-14-15(24(2)18(30)26(16(14)29)9-13(28)31-3)23-17(25)27(10)12-6-4-11(5-7-12)19(20,21)22/h4-8H,9H2,1-3H3. The van der Waals surface area contributed by atoms with Crippen LogP contribution in [0.3, 0.4) is 0 Å². The van der Waals surface area contributed by atoms with Crippen molar-refractivity contribution in [2.45, 2.75) is 19.6 Å². The van der Waals surface area contributed by atoms with E-state index in [0.717, 1.165) is 28.4 Å². The zero-order valence-corrected chi connectivity index (χ0v) is 16.6. The molecule has 0 unspecified atom stereocenters. The van der Waals surface area contributed by atoms with Crippen LogP contribution in [-0.2, 0) is 29.3 Å². The Kier molecular flexibility index (Phi) is 4.52. The van der Waals surface area contributed by atoms with E-state index in [1.54, 1.807) is 17.7 Å². The van der Waals surface area contributed by atoms with E-state index in [0.29, 0.717) is 11.4 Å². The van der Waals surface area contributed by atoms with Crippen LogP contribution in [0.1, 0.15) is 11.3 Å². The maximum absolute atomic E-state index is 13.0.